The van der Waals surface area contributed by atoms with Gasteiger partial charge in [-0.1, -0.05) is 66.6 Å². The van der Waals surface area contributed by atoms with Crippen molar-refractivity contribution < 1.29 is 14.3 Å². The molecule has 0 N–H and O–H groups in total. The van der Waals surface area contributed by atoms with E-state index < -0.39 is 0 Å². The molecule has 1 aromatic rings. The molecule has 0 heterocycles. The van der Waals surface area contributed by atoms with Crippen molar-refractivity contribution in [1.82, 2.24) is 0 Å². The Bertz CT molecular complexity index is 853. The molecule has 0 unspecified atom stereocenters. The van der Waals surface area contributed by atoms with Gasteiger partial charge in [0, 0.05) is 24.0 Å². The molecule has 0 saturated heterocycles. The summed E-state index contributed by atoms with van der Waals surface area (Å²) < 4.78 is 5.34. The van der Waals surface area contributed by atoms with Crippen molar-refractivity contribution in [2.75, 3.05) is 7.11 Å². The molecule has 0 spiro atoms. The van der Waals surface area contributed by atoms with E-state index in [0.29, 0.717) is 30.6 Å². The first-order valence-corrected chi connectivity index (χ1v) is 10.7. The van der Waals surface area contributed by atoms with Crippen LogP contribution in [0, 0.1) is 11.8 Å². The minimum absolute atomic E-state index is 0.0136. The maximum atomic E-state index is 12.9. The quantitative estimate of drug-likeness (QED) is 0.311. The van der Waals surface area contributed by atoms with E-state index in [-0.39, 0.29) is 16.1 Å². The average Bonchev–Trinajstić information content (AvgIpc) is 2.73. The number of benzene rings is 1. The third-order valence-electron chi connectivity index (χ3n) is 4.56. The Balaban J connectivity index is 2.00. The van der Waals surface area contributed by atoms with Crippen molar-refractivity contribution in [2.24, 2.45) is 0 Å². The van der Waals surface area contributed by atoms with E-state index in [1.807, 2.05) is 42.5 Å². The second-order valence-corrected chi connectivity index (χ2v) is 8.15. The van der Waals surface area contributed by atoms with Gasteiger partial charge in [0.05, 0.1) is 12.4 Å². The van der Waals surface area contributed by atoms with Crippen molar-refractivity contribution in [3.8, 4) is 11.8 Å². The Labute approximate surface area is 178 Å². The van der Waals surface area contributed by atoms with Crippen molar-refractivity contribution in [3.63, 3.8) is 0 Å². The maximum absolute atomic E-state index is 12.9. The first-order chi connectivity index (χ1) is 14.0. The van der Waals surface area contributed by atoms with E-state index in [0.717, 1.165) is 30.4 Å². The number of unbranched alkanes of at least 4 members (excludes halogenated alkanes) is 1. The van der Waals surface area contributed by atoms with E-state index in [1.54, 1.807) is 14.0 Å². The van der Waals surface area contributed by atoms with Gasteiger partial charge in [0.1, 0.15) is 11.5 Å². The molecule has 29 heavy (non-hydrogen) atoms. The van der Waals surface area contributed by atoms with Crippen LogP contribution in [0.25, 0.3) is 0 Å². The van der Waals surface area contributed by atoms with Crippen LogP contribution in [-0.2, 0) is 20.7 Å². The highest BCUT2D eigenvalue weighted by molar-refractivity contribution is 8.14. The number of hydrogen-bond acceptors (Lipinski definition) is 4. The van der Waals surface area contributed by atoms with Crippen molar-refractivity contribution in [3.05, 3.63) is 71.5 Å². The zero-order valence-electron chi connectivity index (χ0n) is 17.2. The lowest BCUT2D eigenvalue weighted by Crippen LogP contribution is -2.15. The molecule has 0 aromatic heterocycles. The lowest BCUT2D eigenvalue weighted by molar-refractivity contribution is -0.117. The molecule has 0 saturated carbocycles. The van der Waals surface area contributed by atoms with Crippen LogP contribution in [0.15, 0.2) is 66.0 Å². The normalized spacial score (nSPS) is 14.0. The Morgan fingerprint density at radius 1 is 1.28 bits per heavy atom. The number of allylic oxidation sites excluding steroid dienone is 3. The number of rotatable bonds is 9. The summed E-state index contributed by atoms with van der Waals surface area (Å²) in [4.78, 5) is 23.9. The third kappa shape index (κ3) is 8.17. The summed E-state index contributed by atoms with van der Waals surface area (Å²) in [5.74, 6) is 7.07. The zero-order valence-corrected chi connectivity index (χ0v) is 18.0. The first kappa shape index (κ1) is 22.8. The van der Waals surface area contributed by atoms with Gasteiger partial charge in [-0.3, -0.25) is 4.79 Å². The Morgan fingerprint density at radius 3 is 2.72 bits per heavy atom. The van der Waals surface area contributed by atoms with Crippen molar-refractivity contribution in [2.45, 2.75) is 50.7 Å². The van der Waals surface area contributed by atoms with Gasteiger partial charge in [-0.2, -0.15) is 0 Å². The van der Waals surface area contributed by atoms with Gasteiger partial charge in [0.15, 0.2) is 0 Å². The number of ether oxygens (including phenoxy) is 1. The number of carbonyl (C=O) groups excluding carboxylic acids is 2. The maximum Gasteiger partial charge on any atom is 0.219 e. The molecule has 0 amide bonds. The molecule has 0 aliphatic heterocycles. The molecule has 3 nitrogen and oxygen atoms in total. The zero-order chi connectivity index (χ0) is 21.1. The lowest BCUT2D eigenvalue weighted by Gasteiger charge is -2.18. The van der Waals surface area contributed by atoms with Crippen LogP contribution in [-0.4, -0.2) is 23.3 Å². The molecule has 1 atom stereocenters. The lowest BCUT2D eigenvalue weighted by atomic mass is 10.0. The van der Waals surface area contributed by atoms with Gasteiger partial charge < -0.3 is 9.53 Å². The van der Waals surface area contributed by atoms with Gasteiger partial charge >= 0.3 is 0 Å². The molecule has 0 bridgehead atoms. The number of Topliss-reactive ketones (excluding diaryl/α,β-unsaturated/α-hetero) is 1. The second kappa shape index (κ2) is 12.1. The standard InChI is InChI=1S/C25H28O3S/c1-19(26)11-6-4-7-12-21-15-10-16-23(17-21)25(27)29-24(20(2)28-3)18-22-13-8-5-9-14-22/h5,8-9,13-14,16-17,24H,2,4,6,10-11,15,18H2,1,3H3/t24-/m0/s1. The SMILES string of the molecule is C=C(OC)[C@H](Cc1ccccc1)SC(=O)C1=CCCC(C#CCCCC(C)=O)=C1. The van der Waals surface area contributed by atoms with Gasteiger partial charge in [0.2, 0.25) is 5.12 Å². The molecule has 2 rings (SSSR count). The molecular formula is C25H28O3S. The van der Waals surface area contributed by atoms with Gasteiger partial charge in [-0.25, -0.2) is 0 Å². The monoisotopic (exact) mass is 408 g/mol. The molecule has 0 fully saturated rings. The Morgan fingerprint density at radius 2 is 2.03 bits per heavy atom. The summed E-state index contributed by atoms with van der Waals surface area (Å²) in [5.41, 5.74) is 2.81. The number of carbonyl (C=O) groups is 2. The molecule has 1 aromatic carbocycles. The average molecular weight is 409 g/mol. The fraction of sp³-hybridized carbons (Fsp3) is 0.360. The number of thioether (sulfide) groups is 1. The Kier molecular flexibility index (Phi) is 9.53. The predicted molar refractivity (Wildman–Crippen MR) is 120 cm³/mol. The van der Waals surface area contributed by atoms with Gasteiger partial charge in [-0.05, 0) is 44.2 Å². The van der Waals surface area contributed by atoms with Crippen LogP contribution in [0.5, 0.6) is 0 Å². The minimum atomic E-state index is -0.146. The molecule has 4 heteroatoms. The van der Waals surface area contributed by atoms with E-state index in [2.05, 4.69) is 18.4 Å². The highest BCUT2D eigenvalue weighted by Gasteiger charge is 2.22. The van der Waals surface area contributed by atoms with Crippen LogP contribution in [0.3, 0.4) is 0 Å². The smallest absolute Gasteiger partial charge is 0.219 e. The summed E-state index contributed by atoms with van der Waals surface area (Å²) in [6.07, 6.45) is 8.27. The predicted octanol–water partition coefficient (Wildman–Crippen LogP) is 5.43. The van der Waals surface area contributed by atoms with Crippen LogP contribution >= 0.6 is 11.8 Å². The largest absolute Gasteiger partial charge is 0.501 e. The minimum Gasteiger partial charge on any atom is -0.501 e. The number of methoxy groups -OCH3 is 1. The molecule has 0 radical (unpaired) electrons. The number of hydrogen-bond donors (Lipinski definition) is 0. The summed E-state index contributed by atoms with van der Waals surface area (Å²) in [6, 6.07) is 10.0. The van der Waals surface area contributed by atoms with Crippen LogP contribution in [0.4, 0.5) is 0 Å². The summed E-state index contributed by atoms with van der Waals surface area (Å²) in [7, 11) is 1.59. The Hall–Kier alpha value is -2.51. The third-order valence-corrected chi connectivity index (χ3v) is 5.72. The fourth-order valence-corrected chi connectivity index (χ4v) is 3.96. The van der Waals surface area contributed by atoms with Crippen molar-refractivity contribution >= 4 is 22.7 Å². The second-order valence-electron chi connectivity index (χ2n) is 6.98. The highest BCUT2D eigenvalue weighted by Crippen LogP contribution is 2.29. The molecular weight excluding hydrogens is 380 g/mol. The van der Waals surface area contributed by atoms with Crippen LogP contribution < -0.4 is 0 Å². The van der Waals surface area contributed by atoms with Gasteiger partial charge in [-0.15, -0.1) is 0 Å². The van der Waals surface area contributed by atoms with E-state index in [4.69, 9.17) is 4.74 Å². The molecule has 1 aliphatic rings. The molecule has 1 aliphatic carbocycles. The molecule has 152 valence electrons. The van der Waals surface area contributed by atoms with E-state index in [1.165, 1.54) is 11.8 Å². The van der Waals surface area contributed by atoms with Crippen LogP contribution in [0.2, 0.25) is 0 Å². The summed E-state index contributed by atoms with van der Waals surface area (Å²) >= 11 is 1.25. The van der Waals surface area contributed by atoms with Crippen molar-refractivity contribution in [1.29, 1.82) is 0 Å². The highest BCUT2D eigenvalue weighted by atomic mass is 32.2. The summed E-state index contributed by atoms with van der Waals surface area (Å²) in [5, 5.41) is -0.132. The topological polar surface area (TPSA) is 43.4 Å². The number of ketones is 1. The first-order valence-electron chi connectivity index (χ1n) is 9.86. The fourth-order valence-electron chi connectivity index (χ4n) is 2.92. The summed E-state index contributed by atoms with van der Waals surface area (Å²) in [6.45, 7) is 5.57. The van der Waals surface area contributed by atoms with E-state index >= 15 is 0 Å². The van der Waals surface area contributed by atoms with Gasteiger partial charge in [0.25, 0.3) is 0 Å². The van der Waals surface area contributed by atoms with Crippen LogP contribution in [0.1, 0.15) is 44.6 Å². The van der Waals surface area contributed by atoms with E-state index in [9.17, 15) is 9.59 Å².